The number of likely N-dealkylation sites (tertiary alicyclic amines) is 1. The summed E-state index contributed by atoms with van der Waals surface area (Å²) in [7, 11) is -2.64. The van der Waals surface area contributed by atoms with Crippen LogP contribution in [-0.2, 0) is 14.5 Å². The van der Waals surface area contributed by atoms with Gasteiger partial charge in [-0.15, -0.1) is 5.10 Å². The lowest BCUT2D eigenvalue weighted by molar-refractivity contribution is -0.119. The largest absolute Gasteiger partial charge is 0.337 e. The fraction of sp³-hybridized carbons (Fsp3) is 0.524. The van der Waals surface area contributed by atoms with Crippen LogP contribution in [0.3, 0.4) is 0 Å². The fourth-order valence-corrected chi connectivity index (χ4v) is 5.71. The molecule has 2 aliphatic rings. The van der Waals surface area contributed by atoms with Crippen molar-refractivity contribution < 1.29 is 18.2 Å². The van der Waals surface area contributed by atoms with Gasteiger partial charge in [0.05, 0.1) is 21.6 Å². The van der Waals surface area contributed by atoms with Gasteiger partial charge in [0.25, 0.3) is 11.8 Å². The SMILES string of the molecule is Cc1cc(F)cc(-n2cc(C(=O)N3CCC(S(C)(=O)=NC(=O)C4CC4C)CC3)nn2)c1. The first-order valence-electron chi connectivity index (χ1n) is 10.4. The molecule has 0 spiro atoms. The van der Waals surface area contributed by atoms with Crippen molar-refractivity contribution in [1.29, 1.82) is 0 Å². The molecular weight excluding hydrogens is 421 g/mol. The number of amides is 2. The number of piperidine rings is 1. The lowest BCUT2D eigenvalue weighted by Gasteiger charge is -2.31. The number of aromatic nitrogens is 3. The number of carbonyl (C=O) groups is 2. The Morgan fingerprint density at radius 1 is 1.23 bits per heavy atom. The van der Waals surface area contributed by atoms with Gasteiger partial charge in [-0.05, 0) is 55.9 Å². The molecule has 2 amide bonds. The van der Waals surface area contributed by atoms with E-state index in [2.05, 4.69) is 14.7 Å². The van der Waals surface area contributed by atoms with Gasteiger partial charge >= 0.3 is 0 Å². The third-order valence-corrected chi connectivity index (χ3v) is 8.30. The Kier molecular flexibility index (Phi) is 5.67. The van der Waals surface area contributed by atoms with Crippen molar-refractivity contribution in [2.75, 3.05) is 19.3 Å². The van der Waals surface area contributed by atoms with Crippen molar-refractivity contribution in [2.24, 2.45) is 16.2 Å². The second-order valence-corrected chi connectivity index (χ2v) is 11.2. The second-order valence-electron chi connectivity index (χ2n) is 8.64. The third kappa shape index (κ3) is 4.68. The Bertz CT molecular complexity index is 1130. The zero-order chi connectivity index (χ0) is 22.3. The molecule has 1 saturated carbocycles. The standard InChI is InChI=1S/C21H26FN5O3S/c1-13-8-15(22)11-16(9-13)27-12-19(23-25-27)21(29)26-6-4-17(5-7-26)31(3,30)24-20(28)18-10-14(18)2/h8-9,11-12,14,17-18H,4-7,10H2,1-3H3. The van der Waals surface area contributed by atoms with Crippen LogP contribution >= 0.6 is 0 Å². The number of hydrogen-bond acceptors (Lipinski definition) is 5. The van der Waals surface area contributed by atoms with Crippen molar-refractivity contribution in [3.63, 3.8) is 0 Å². The van der Waals surface area contributed by atoms with Crippen LogP contribution in [0.25, 0.3) is 5.69 Å². The minimum atomic E-state index is -2.64. The minimum Gasteiger partial charge on any atom is -0.337 e. The number of aryl methyl sites for hydroxylation is 1. The highest BCUT2D eigenvalue weighted by Crippen LogP contribution is 2.39. The van der Waals surface area contributed by atoms with Crippen molar-refractivity contribution in [2.45, 2.75) is 38.4 Å². The smallest absolute Gasteiger partial charge is 0.276 e. The predicted octanol–water partition coefficient (Wildman–Crippen LogP) is 2.60. The zero-order valence-corrected chi connectivity index (χ0v) is 18.6. The summed E-state index contributed by atoms with van der Waals surface area (Å²) in [6.07, 6.45) is 4.87. The molecule has 1 aromatic heterocycles. The maximum absolute atomic E-state index is 13.7. The number of benzene rings is 1. The average molecular weight is 448 g/mol. The number of halogens is 1. The van der Waals surface area contributed by atoms with Gasteiger partial charge in [0.2, 0.25) is 0 Å². The van der Waals surface area contributed by atoms with E-state index in [-0.39, 0.29) is 34.5 Å². The molecule has 2 fully saturated rings. The van der Waals surface area contributed by atoms with E-state index in [1.807, 2.05) is 6.92 Å². The van der Waals surface area contributed by atoms with Gasteiger partial charge in [-0.25, -0.2) is 13.3 Å². The molecule has 0 N–H and O–H groups in total. The molecule has 1 saturated heterocycles. The first kappa shape index (κ1) is 21.6. The summed E-state index contributed by atoms with van der Waals surface area (Å²) in [6, 6.07) is 4.49. The Morgan fingerprint density at radius 2 is 1.90 bits per heavy atom. The first-order valence-corrected chi connectivity index (χ1v) is 12.4. The monoisotopic (exact) mass is 447 g/mol. The zero-order valence-electron chi connectivity index (χ0n) is 17.8. The number of hydrogen-bond donors (Lipinski definition) is 0. The average Bonchev–Trinajstić information content (AvgIpc) is 3.24. The van der Waals surface area contributed by atoms with Gasteiger partial charge in [0.1, 0.15) is 5.82 Å². The molecule has 3 atom stereocenters. The normalized spacial score (nSPS) is 23.3. The van der Waals surface area contributed by atoms with Crippen LogP contribution in [0.5, 0.6) is 0 Å². The Hall–Kier alpha value is -2.62. The van der Waals surface area contributed by atoms with Gasteiger partial charge in [-0.3, -0.25) is 9.59 Å². The van der Waals surface area contributed by atoms with E-state index < -0.39 is 9.73 Å². The van der Waals surface area contributed by atoms with Crippen LogP contribution in [0.4, 0.5) is 4.39 Å². The van der Waals surface area contributed by atoms with Crippen LogP contribution in [0.1, 0.15) is 42.2 Å². The fourth-order valence-electron chi connectivity index (χ4n) is 3.98. The molecule has 4 rings (SSSR count). The molecule has 2 heterocycles. The van der Waals surface area contributed by atoms with Crippen LogP contribution in [0.2, 0.25) is 0 Å². The molecular formula is C21H26FN5O3S. The van der Waals surface area contributed by atoms with Crippen LogP contribution in [-0.4, -0.2) is 60.5 Å². The van der Waals surface area contributed by atoms with Gasteiger partial charge in [0.15, 0.2) is 5.69 Å². The van der Waals surface area contributed by atoms with E-state index in [1.165, 1.54) is 23.0 Å². The number of carbonyl (C=O) groups excluding carboxylic acids is 2. The van der Waals surface area contributed by atoms with Crippen molar-refractivity contribution >= 4 is 21.5 Å². The third-order valence-electron chi connectivity index (χ3n) is 6.05. The van der Waals surface area contributed by atoms with Gasteiger partial charge in [0, 0.05) is 30.5 Å². The quantitative estimate of drug-likeness (QED) is 0.718. The molecule has 166 valence electrons. The molecule has 1 aliphatic carbocycles. The molecule has 8 nitrogen and oxygen atoms in total. The first-order chi connectivity index (χ1) is 14.6. The summed E-state index contributed by atoms with van der Waals surface area (Å²) in [5.74, 6) is -0.658. The highest BCUT2D eigenvalue weighted by Gasteiger charge is 2.40. The second kappa shape index (κ2) is 8.14. The Balaban J connectivity index is 1.41. The molecule has 31 heavy (non-hydrogen) atoms. The molecule has 0 radical (unpaired) electrons. The predicted molar refractivity (Wildman–Crippen MR) is 114 cm³/mol. The lowest BCUT2D eigenvalue weighted by Crippen LogP contribution is -2.42. The molecule has 0 bridgehead atoms. The maximum Gasteiger partial charge on any atom is 0.276 e. The number of rotatable bonds is 4. The van der Waals surface area contributed by atoms with E-state index in [0.717, 1.165) is 12.0 Å². The highest BCUT2D eigenvalue weighted by atomic mass is 32.2. The van der Waals surface area contributed by atoms with Gasteiger partial charge < -0.3 is 4.90 Å². The van der Waals surface area contributed by atoms with E-state index in [4.69, 9.17) is 0 Å². The topological polar surface area (TPSA) is 97.5 Å². The van der Waals surface area contributed by atoms with Crippen molar-refractivity contribution in [3.8, 4) is 5.69 Å². The molecule has 1 aliphatic heterocycles. The maximum atomic E-state index is 13.7. The van der Waals surface area contributed by atoms with E-state index in [1.54, 1.807) is 24.1 Å². The summed E-state index contributed by atoms with van der Waals surface area (Å²) in [4.78, 5) is 26.6. The highest BCUT2D eigenvalue weighted by molar-refractivity contribution is 7.93. The van der Waals surface area contributed by atoms with Crippen molar-refractivity contribution in [3.05, 3.63) is 41.5 Å². The Labute approximate surface area is 181 Å². The summed E-state index contributed by atoms with van der Waals surface area (Å²) in [5.41, 5.74) is 1.40. The van der Waals surface area contributed by atoms with Crippen LogP contribution in [0.15, 0.2) is 28.8 Å². The lowest BCUT2D eigenvalue weighted by atomic mass is 10.1. The molecule has 3 unspecified atom stereocenters. The number of nitrogens with zero attached hydrogens (tertiary/aromatic N) is 5. The summed E-state index contributed by atoms with van der Waals surface area (Å²) in [5, 5.41) is 7.68. The summed E-state index contributed by atoms with van der Waals surface area (Å²) in [6.45, 7) is 4.58. The Morgan fingerprint density at radius 3 is 2.52 bits per heavy atom. The summed E-state index contributed by atoms with van der Waals surface area (Å²) >= 11 is 0. The van der Waals surface area contributed by atoms with E-state index in [9.17, 15) is 18.2 Å². The van der Waals surface area contributed by atoms with Crippen LogP contribution < -0.4 is 0 Å². The van der Waals surface area contributed by atoms with Crippen LogP contribution in [0, 0.1) is 24.6 Å². The van der Waals surface area contributed by atoms with Gasteiger partial charge in [-0.1, -0.05) is 12.1 Å². The molecule has 1 aromatic carbocycles. The molecule has 2 aromatic rings. The van der Waals surface area contributed by atoms with Gasteiger partial charge in [-0.2, -0.15) is 4.36 Å². The van der Waals surface area contributed by atoms with E-state index >= 15 is 0 Å². The minimum absolute atomic E-state index is 0.0769. The molecule has 10 heteroatoms. The van der Waals surface area contributed by atoms with E-state index in [0.29, 0.717) is 37.5 Å². The van der Waals surface area contributed by atoms with Crippen molar-refractivity contribution in [1.82, 2.24) is 19.9 Å². The summed E-state index contributed by atoms with van der Waals surface area (Å²) < 4.78 is 32.1.